The largest absolute Gasteiger partial charge is 0.409 e. The van der Waals surface area contributed by atoms with Gasteiger partial charge in [-0.1, -0.05) is 23.7 Å². The van der Waals surface area contributed by atoms with Crippen LogP contribution in [0.2, 0.25) is 5.02 Å². The van der Waals surface area contributed by atoms with Crippen LogP contribution >= 0.6 is 23.8 Å². The summed E-state index contributed by atoms with van der Waals surface area (Å²) in [6, 6.07) is 7.49. The third-order valence-electron chi connectivity index (χ3n) is 2.76. The van der Waals surface area contributed by atoms with Gasteiger partial charge in [-0.2, -0.15) is 5.10 Å². The first-order valence-corrected chi connectivity index (χ1v) is 6.31. The fourth-order valence-corrected chi connectivity index (χ4v) is 2.17. The first-order valence-electron chi connectivity index (χ1n) is 5.52. The zero-order valence-electron chi connectivity index (χ0n) is 9.92. The zero-order valence-corrected chi connectivity index (χ0v) is 11.5. The van der Waals surface area contributed by atoms with Crippen molar-refractivity contribution < 1.29 is 4.42 Å². The lowest BCUT2D eigenvalue weighted by Crippen LogP contribution is -1.99. The highest BCUT2D eigenvalue weighted by atomic mass is 35.5. The number of aromatic nitrogens is 4. The Morgan fingerprint density at radius 1 is 1.37 bits per heavy atom. The van der Waals surface area contributed by atoms with Gasteiger partial charge in [-0.05, 0) is 31.3 Å². The van der Waals surface area contributed by atoms with Gasteiger partial charge in [-0.25, -0.2) is 9.78 Å². The van der Waals surface area contributed by atoms with Crippen LogP contribution in [0.15, 0.2) is 34.9 Å². The molecule has 0 saturated heterocycles. The summed E-state index contributed by atoms with van der Waals surface area (Å²) >= 11 is 11.0. The lowest BCUT2D eigenvalue weighted by molar-refractivity contribution is 0.551. The number of hydrogen-bond acceptors (Lipinski definition) is 4. The van der Waals surface area contributed by atoms with Crippen LogP contribution in [0, 0.1) is 11.8 Å². The minimum Gasteiger partial charge on any atom is -0.409 e. The Hall–Kier alpha value is -1.92. The van der Waals surface area contributed by atoms with E-state index in [-0.39, 0.29) is 4.84 Å². The molecule has 3 rings (SSSR count). The molecule has 0 atom stereocenters. The van der Waals surface area contributed by atoms with Crippen LogP contribution in [-0.2, 0) is 0 Å². The maximum absolute atomic E-state index is 6.17. The molecule has 1 aromatic carbocycles. The molecule has 0 saturated carbocycles. The van der Waals surface area contributed by atoms with Crippen LogP contribution < -0.4 is 0 Å². The summed E-state index contributed by atoms with van der Waals surface area (Å²) < 4.78 is 7.03. The normalized spacial score (nSPS) is 10.8. The summed E-state index contributed by atoms with van der Waals surface area (Å²) in [6.07, 6.45) is 1.67. The predicted molar refractivity (Wildman–Crippen MR) is 74.0 cm³/mol. The number of H-pyrrole nitrogens is 1. The van der Waals surface area contributed by atoms with E-state index >= 15 is 0 Å². The third kappa shape index (κ3) is 2.09. The molecule has 7 heteroatoms. The van der Waals surface area contributed by atoms with E-state index in [0.717, 1.165) is 16.9 Å². The van der Waals surface area contributed by atoms with Gasteiger partial charge in [-0.15, -0.1) is 5.10 Å². The Balaban J connectivity index is 2.14. The van der Waals surface area contributed by atoms with Gasteiger partial charge in [0.15, 0.2) is 0 Å². The van der Waals surface area contributed by atoms with Crippen molar-refractivity contribution in [1.82, 2.24) is 20.0 Å². The Morgan fingerprint density at radius 3 is 2.84 bits per heavy atom. The van der Waals surface area contributed by atoms with E-state index in [1.807, 2.05) is 31.2 Å². The predicted octanol–water partition coefficient (Wildman–Crippen LogP) is 3.55. The maximum atomic E-state index is 6.17. The average molecular weight is 293 g/mol. The van der Waals surface area contributed by atoms with Gasteiger partial charge in [0.25, 0.3) is 4.84 Å². The number of hydrogen-bond donors (Lipinski definition) is 1. The van der Waals surface area contributed by atoms with Crippen LogP contribution in [0.25, 0.3) is 17.1 Å². The first-order chi connectivity index (χ1) is 9.16. The second kappa shape index (κ2) is 4.64. The molecule has 0 radical (unpaired) electrons. The smallest absolute Gasteiger partial charge is 0.284 e. The molecule has 0 aliphatic rings. The molecule has 0 aliphatic heterocycles. The molecule has 0 aliphatic carbocycles. The molecule has 3 aromatic rings. The van der Waals surface area contributed by atoms with E-state index in [0.29, 0.717) is 10.9 Å². The van der Waals surface area contributed by atoms with Crippen LogP contribution in [0.3, 0.4) is 0 Å². The standard InChI is InChI=1S/C12H9ClN4OS/c1-7-8(11-15-16-12(19)18-11)6-14-17(7)10-5-3-2-4-9(10)13/h2-6H,1H3,(H,16,19). The molecule has 0 fully saturated rings. The number of para-hydroxylation sites is 1. The summed E-state index contributed by atoms with van der Waals surface area (Å²) in [5, 5.41) is 11.5. The molecule has 2 aromatic heterocycles. The number of nitrogens with zero attached hydrogens (tertiary/aromatic N) is 3. The molecular formula is C12H9ClN4OS. The van der Waals surface area contributed by atoms with Gasteiger partial charge in [0.1, 0.15) is 0 Å². The summed E-state index contributed by atoms with van der Waals surface area (Å²) in [5.74, 6) is 0.417. The molecular weight excluding hydrogens is 284 g/mol. The van der Waals surface area contributed by atoms with E-state index < -0.39 is 0 Å². The molecule has 5 nitrogen and oxygen atoms in total. The monoisotopic (exact) mass is 292 g/mol. The van der Waals surface area contributed by atoms with Crippen molar-refractivity contribution in [1.29, 1.82) is 0 Å². The fourth-order valence-electron chi connectivity index (χ4n) is 1.83. The summed E-state index contributed by atoms with van der Waals surface area (Å²) in [6.45, 7) is 1.92. The topological polar surface area (TPSA) is 59.6 Å². The van der Waals surface area contributed by atoms with Gasteiger partial charge in [0, 0.05) is 0 Å². The van der Waals surface area contributed by atoms with Crippen LogP contribution in [-0.4, -0.2) is 20.0 Å². The summed E-state index contributed by atoms with van der Waals surface area (Å²) in [4.78, 5) is 0.236. The highest BCUT2D eigenvalue weighted by Gasteiger charge is 2.15. The Labute approximate surface area is 118 Å². The summed E-state index contributed by atoms with van der Waals surface area (Å²) in [7, 11) is 0. The molecule has 96 valence electrons. The molecule has 0 unspecified atom stereocenters. The second-order valence-corrected chi connectivity index (χ2v) is 4.70. The van der Waals surface area contributed by atoms with E-state index in [4.69, 9.17) is 28.2 Å². The van der Waals surface area contributed by atoms with Crippen molar-refractivity contribution in [2.24, 2.45) is 0 Å². The van der Waals surface area contributed by atoms with Gasteiger partial charge in [-0.3, -0.25) is 0 Å². The highest BCUT2D eigenvalue weighted by Crippen LogP contribution is 2.26. The van der Waals surface area contributed by atoms with E-state index in [1.165, 1.54) is 0 Å². The Bertz CT molecular complexity index is 789. The van der Waals surface area contributed by atoms with Crippen molar-refractivity contribution in [3.63, 3.8) is 0 Å². The maximum Gasteiger partial charge on any atom is 0.284 e. The van der Waals surface area contributed by atoms with Crippen molar-refractivity contribution in [3.05, 3.63) is 46.0 Å². The lowest BCUT2D eigenvalue weighted by atomic mass is 10.2. The summed E-state index contributed by atoms with van der Waals surface area (Å²) in [5.41, 5.74) is 2.45. The van der Waals surface area contributed by atoms with E-state index in [9.17, 15) is 0 Å². The number of nitrogens with one attached hydrogen (secondary N) is 1. The number of halogens is 1. The van der Waals surface area contributed by atoms with E-state index in [1.54, 1.807) is 10.9 Å². The second-order valence-electron chi connectivity index (χ2n) is 3.93. The number of rotatable bonds is 2. The Kier molecular flexibility index (Phi) is 2.96. The van der Waals surface area contributed by atoms with Gasteiger partial charge in [0.2, 0.25) is 5.89 Å². The van der Waals surface area contributed by atoms with Crippen molar-refractivity contribution in [3.8, 4) is 17.1 Å². The quantitative estimate of drug-likeness (QED) is 0.734. The molecule has 0 spiro atoms. The van der Waals surface area contributed by atoms with Crippen LogP contribution in [0.4, 0.5) is 0 Å². The molecule has 0 bridgehead atoms. The van der Waals surface area contributed by atoms with E-state index in [2.05, 4.69) is 15.3 Å². The zero-order chi connectivity index (χ0) is 13.4. The molecule has 19 heavy (non-hydrogen) atoms. The Morgan fingerprint density at radius 2 is 2.16 bits per heavy atom. The SMILES string of the molecule is Cc1c(-c2n[nH]c(=S)o2)cnn1-c1ccccc1Cl. The van der Waals surface area contributed by atoms with Crippen LogP contribution in [0.5, 0.6) is 0 Å². The van der Waals surface area contributed by atoms with Crippen LogP contribution in [0.1, 0.15) is 5.69 Å². The van der Waals surface area contributed by atoms with Crippen molar-refractivity contribution >= 4 is 23.8 Å². The number of benzene rings is 1. The van der Waals surface area contributed by atoms with Crippen molar-refractivity contribution in [2.75, 3.05) is 0 Å². The first kappa shape index (κ1) is 12.1. The molecule has 0 amide bonds. The van der Waals surface area contributed by atoms with Crippen molar-refractivity contribution in [2.45, 2.75) is 6.92 Å². The highest BCUT2D eigenvalue weighted by molar-refractivity contribution is 7.71. The van der Waals surface area contributed by atoms with Gasteiger partial charge >= 0.3 is 0 Å². The average Bonchev–Trinajstić information content (AvgIpc) is 2.97. The lowest BCUT2D eigenvalue weighted by Gasteiger charge is -2.06. The molecule has 2 heterocycles. The minimum absolute atomic E-state index is 0.236. The van der Waals surface area contributed by atoms with Gasteiger partial charge < -0.3 is 4.42 Å². The minimum atomic E-state index is 0.236. The fraction of sp³-hybridized carbons (Fsp3) is 0.0833. The number of aromatic amines is 1. The third-order valence-corrected chi connectivity index (χ3v) is 3.25. The molecule has 1 N–H and O–H groups in total. The van der Waals surface area contributed by atoms with Gasteiger partial charge in [0.05, 0.1) is 28.2 Å².